The van der Waals surface area contributed by atoms with Gasteiger partial charge in [-0.1, -0.05) is 35.9 Å². The first-order chi connectivity index (χ1) is 12.1. The van der Waals surface area contributed by atoms with Crippen LogP contribution in [0.3, 0.4) is 0 Å². The number of hydrogen-bond acceptors (Lipinski definition) is 1. The van der Waals surface area contributed by atoms with Crippen LogP contribution < -0.4 is 15.5 Å². The van der Waals surface area contributed by atoms with Crippen molar-refractivity contribution in [1.82, 2.24) is 5.32 Å². The summed E-state index contributed by atoms with van der Waals surface area (Å²) in [4.78, 5) is 1.68. The number of thiocarbonyl (C=S) groups is 1. The Balaban J connectivity index is 1.47. The van der Waals surface area contributed by atoms with E-state index in [1.165, 1.54) is 49.2 Å². The van der Waals surface area contributed by atoms with Gasteiger partial charge in [0, 0.05) is 30.6 Å². The van der Waals surface area contributed by atoms with Crippen molar-refractivity contribution in [3.63, 3.8) is 0 Å². The summed E-state index contributed by atoms with van der Waals surface area (Å²) < 4.78 is 13.2. The Morgan fingerprint density at radius 3 is 2.44 bits per heavy atom. The molecule has 0 amide bonds. The molecule has 0 aliphatic carbocycles. The molecule has 6 heteroatoms. The highest BCUT2D eigenvalue weighted by Crippen LogP contribution is 2.19. The average Bonchev–Trinajstić information content (AvgIpc) is 3.11. The van der Waals surface area contributed by atoms with Gasteiger partial charge < -0.3 is 15.5 Å². The third kappa shape index (κ3) is 5.39. The molecule has 1 saturated heterocycles. The van der Waals surface area contributed by atoms with Crippen molar-refractivity contribution in [1.29, 1.82) is 0 Å². The van der Waals surface area contributed by atoms with Gasteiger partial charge in [-0.2, -0.15) is 0 Å². The lowest BCUT2D eigenvalue weighted by molar-refractivity contribution is -0.901. The van der Waals surface area contributed by atoms with Crippen molar-refractivity contribution in [2.75, 3.05) is 18.4 Å². The van der Waals surface area contributed by atoms with Crippen LogP contribution in [0.25, 0.3) is 0 Å². The largest absolute Gasteiger partial charge is 0.358 e. The standard InChI is InChI=1S/C19H21ClFN3S/c20-17-11-16(7-8-18(17)21)23-19(25)22-12-14-3-5-15(6-4-14)13-24-9-1-2-10-24/h3-8,11H,1-2,9-10,12-13H2,(H2,22,23,25)/p+1. The lowest BCUT2D eigenvalue weighted by Crippen LogP contribution is -3.08. The summed E-state index contributed by atoms with van der Waals surface area (Å²) in [7, 11) is 0. The van der Waals surface area contributed by atoms with E-state index in [4.69, 9.17) is 23.8 Å². The highest BCUT2D eigenvalue weighted by atomic mass is 35.5. The number of halogens is 2. The molecule has 3 nitrogen and oxygen atoms in total. The van der Waals surface area contributed by atoms with Crippen molar-refractivity contribution in [2.24, 2.45) is 0 Å². The van der Waals surface area contributed by atoms with Crippen LogP contribution in [0.1, 0.15) is 24.0 Å². The van der Waals surface area contributed by atoms with Gasteiger partial charge in [0.1, 0.15) is 12.4 Å². The Bertz CT molecular complexity index is 730. The molecule has 1 fully saturated rings. The second kappa shape index (κ2) is 8.61. The molecule has 1 aliphatic rings. The highest BCUT2D eigenvalue weighted by Gasteiger charge is 2.15. The van der Waals surface area contributed by atoms with Crippen LogP contribution in [0.4, 0.5) is 10.1 Å². The van der Waals surface area contributed by atoms with Gasteiger partial charge in [-0.25, -0.2) is 4.39 Å². The summed E-state index contributed by atoms with van der Waals surface area (Å²) >= 11 is 11.0. The minimum atomic E-state index is -0.443. The van der Waals surface area contributed by atoms with Gasteiger partial charge in [-0.05, 0) is 36.0 Å². The van der Waals surface area contributed by atoms with E-state index in [1.807, 2.05) is 0 Å². The molecule has 0 radical (unpaired) electrons. The van der Waals surface area contributed by atoms with Gasteiger partial charge in [0.15, 0.2) is 5.11 Å². The second-order valence-corrected chi connectivity index (χ2v) is 7.20. The van der Waals surface area contributed by atoms with Gasteiger partial charge in [0.05, 0.1) is 18.1 Å². The molecule has 2 aromatic rings. The van der Waals surface area contributed by atoms with E-state index in [1.54, 1.807) is 11.0 Å². The van der Waals surface area contributed by atoms with Crippen molar-refractivity contribution >= 4 is 34.6 Å². The monoisotopic (exact) mass is 378 g/mol. The Morgan fingerprint density at radius 2 is 1.76 bits per heavy atom. The summed E-state index contributed by atoms with van der Waals surface area (Å²) in [5.74, 6) is -0.443. The van der Waals surface area contributed by atoms with Gasteiger partial charge in [0.25, 0.3) is 0 Å². The van der Waals surface area contributed by atoms with Crippen LogP contribution in [0.5, 0.6) is 0 Å². The molecule has 0 atom stereocenters. The van der Waals surface area contributed by atoms with Crippen LogP contribution >= 0.6 is 23.8 Å². The van der Waals surface area contributed by atoms with Crippen LogP contribution in [0, 0.1) is 5.82 Å². The molecule has 3 rings (SSSR count). The quantitative estimate of drug-likeness (QED) is 0.698. The number of anilines is 1. The molecular weight excluding hydrogens is 357 g/mol. The summed E-state index contributed by atoms with van der Waals surface area (Å²) in [6.45, 7) is 4.32. The first kappa shape index (κ1) is 18.1. The predicted octanol–water partition coefficient (Wildman–Crippen LogP) is 3.14. The molecule has 0 unspecified atom stereocenters. The molecule has 2 aromatic carbocycles. The smallest absolute Gasteiger partial charge is 0.171 e. The zero-order valence-corrected chi connectivity index (χ0v) is 15.5. The van der Waals surface area contributed by atoms with Crippen molar-refractivity contribution in [3.8, 4) is 0 Å². The fourth-order valence-electron chi connectivity index (χ4n) is 3.05. The molecule has 132 valence electrons. The maximum atomic E-state index is 13.2. The lowest BCUT2D eigenvalue weighted by Gasteiger charge is -2.13. The Labute approximate surface area is 158 Å². The van der Waals surface area contributed by atoms with Crippen LogP contribution in [0.15, 0.2) is 42.5 Å². The third-order valence-corrected chi connectivity index (χ3v) is 4.95. The molecule has 0 bridgehead atoms. The molecule has 1 aliphatic heterocycles. The predicted molar refractivity (Wildman–Crippen MR) is 105 cm³/mol. The van der Waals surface area contributed by atoms with E-state index >= 15 is 0 Å². The van der Waals surface area contributed by atoms with E-state index in [2.05, 4.69) is 34.9 Å². The lowest BCUT2D eigenvalue weighted by atomic mass is 10.1. The molecule has 3 N–H and O–H groups in total. The fraction of sp³-hybridized carbons (Fsp3) is 0.316. The third-order valence-electron chi connectivity index (χ3n) is 4.42. The van der Waals surface area contributed by atoms with Crippen LogP contribution in [-0.2, 0) is 13.1 Å². The zero-order valence-electron chi connectivity index (χ0n) is 13.9. The summed E-state index contributed by atoms with van der Waals surface area (Å²) in [5.41, 5.74) is 3.21. The van der Waals surface area contributed by atoms with E-state index in [0.717, 1.165) is 6.54 Å². The van der Waals surface area contributed by atoms with Gasteiger partial charge in [-0.3, -0.25) is 0 Å². The van der Waals surface area contributed by atoms with E-state index in [-0.39, 0.29) is 5.02 Å². The summed E-state index contributed by atoms with van der Waals surface area (Å²) in [6, 6.07) is 13.1. The maximum absolute atomic E-state index is 13.2. The van der Waals surface area contributed by atoms with Gasteiger partial charge >= 0.3 is 0 Å². The first-order valence-corrected chi connectivity index (χ1v) is 9.30. The van der Waals surface area contributed by atoms with Crippen LogP contribution in [0.2, 0.25) is 5.02 Å². The SMILES string of the molecule is Fc1ccc(NC(=S)NCc2ccc(C[NH+]3CCCC3)cc2)cc1Cl. The average molecular weight is 379 g/mol. The minimum Gasteiger partial charge on any atom is -0.358 e. The Hall–Kier alpha value is -1.69. The highest BCUT2D eigenvalue weighted by molar-refractivity contribution is 7.80. The molecule has 1 heterocycles. The minimum absolute atomic E-state index is 0.0727. The number of rotatable bonds is 5. The van der Waals surface area contributed by atoms with Crippen molar-refractivity contribution < 1.29 is 9.29 Å². The molecule has 0 spiro atoms. The number of hydrogen-bond donors (Lipinski definition) is 3. The van der Waals surface area contributed by atoms with Crippen molar-refractivity contribution in [2.45, 2.75) is 25.9 Å². The topological polar surface area (TPSA) is 28.5 Å². The summed E-state index contributed by atoms with van der Waals surface area (Å²) in [6.07, 6.45) is 2.70. The number of nitrogens with one attached hydrogen (secondary N) is 3. The maximum Gasteiger partial charge on any atom is 0.171 e. The first-order valence-electron chi connectivity index (χ1n) is 8.51. The van der Waals surface area contributed by atoms with E-state index < -0.39 is 5.82 Å². The normalized spacial score (nSPS) is 14.5. The van der Waals surface area contributed by atoms with E-state index in [9.17, 15) is 4.39 Å². The fourth-order valence-corrected chi connectivity index (χ4v) is 3.42. The van der Waals surface area contributed by atoms with Crippen molar-refractivity contribution in [3.05, 3.63) is 64.4 Å². The molecular formula is C19H22ClFN3S+. The summed E-state index contributed by atoms with van der Waals surface area (Å²) in [5, 5.41) is 6.71. The Kier molecular flexibility index (Phi) is 6.24. The number of benzene rings is 2. The van der Waals surface area contributed by atoms with Gasteiger partial charge in [-0.15, -0.1) is 0 Å². The molecule has 0 saturated carbocycles. The zero-order chi connectivity index (χ0) is 17.6. The molecule has 0 aromatic heterocycles. The number of quaternary nitrogens is 1. The Morgan fingerprint density at radius 1 is 1.08 bits per heavy atom. The van der Waals surface area contributed by atoms with Crippen LogP contribution in [-0.4, -0.2) is 18.2 Å². The second-order valence-electron chi connectivity index (χ2n) is 6.39. The van der Waals surface area contributed by atoms with Gasteiger partial charge in [0.2, 0.25) is 0 Å². The van der Waals surface area contributed by atoms with E-state index in [0.29, 0.717) is 17.3 Å². The number of likely N-dealkylation sites (tertiary alicyclic amines) is 1. The molecule has 25 heavy (non-hydrogen) atoms.